The lowest BCUT2D eigenvalue weighted by molar-refractivity contribution is 0.308. The van der Waals surface area contributed by atoms with E-state index in [4.69, 9.17) is 21.9 Å². The molecule has 2 aromatic heterocycles. The van der Waals surface area contributed by atoms with Crippen molar-refractivity contribution in [3.8, 4) is 11.6 Å². The molecule has 0 saturated carbocycles. The van der Waals surface area contributed by atoms with E-state index in [1.807, 2.05) is 18.2 Å². The summed E-state index contributed by atoms with van der Waals surface area (Å²) in [4.78, 5) is 4.17. The predicted octanol–water partition coefficient (Wildman–Crippen LogP) is 1.95. The van der Waals surface area contributed by atoms with E-state index in [0.717, 1.165) is 5.56 Å². The number of nitrogens with zero attached hydrogens (tertiary/aromatic N) is 4. The zero-order valence-electron chi connectivity index (χ0n) is 9.58. The number of hydrogen-bond acceptors (Lipinski definition) is 7. The molecule has 0 atom stereocenters. The fraction of sp³-hybridized carbons (Fsp3) is 0.0909. The zero-order valence-corrected chi connectivity index (χ0v) is 10.3. The van der Waals surface area contributed by atoms with Crippen molar-refractivity contribution in [2.24, 2.45) is 0 Å². The van der Waals surface area contributed by atoms with Crippen molar-refractivity contribution in [1.29, 1.82) is 0 Å². The molecular formula is C11H8ClN5O2. The van der Waals surface area contributed by atoms with E-state index in [2.05, 4.69) is 25.1 Å². The number of nitrogen functional groups attached to an aromatic ring is 1. The molecule has 2 N–H and O–H groups in total. The summed E-state index contributed by atoms with van der Waals surface area (Å²) in [5, 5.41) is 11.5. The van der Waals surface area contributed by atoms with Crippen molar-refractivity contribution in [1.82, 2.24) is 20.5 Å². The van der Waals surface area contributed by atoms with Gasteiger partial charge in [0.15, 0.2) is 5.82 Å². The third-order valence-electron chi connectivity index (χ3n) is 2.49. The Labute approximate surface area is 112 Å². The molecule has 7 nitrogen and oxygen atoms in total. The first-order valence-electron chi connectivity index (χ1n) is 5.38. The molecule has 0 saturated heterocycles. The normalized spacial score (nSPS) is 10.8. The van der Waals surface area contributed by atoms with Crippen LogP contribution in [0.5, 0.6) is 0 Å². The van der Waals surface area contributed by atoms with Gasteiger partial charge in [-0.3, -0.25) is 0 Å². The second-order valence-corrected chi connectivity index (χ2v) is 4.19. The van der Waals surface area contributed by atoms with E-state index in [0.29, 0.717) is 17.3 Å². The van der Waals surface area contributed by atoms with Gasteiger partial charge in [0.1, 0.15) is 0 Å². The van der Waals surface area contributed by atoms with Crippen LogP contribution in [0, 0.1) is 0 Å². The lowest BCUT2D eigenvalue weighted by Gasteiger charge is -1.98. The molecule has 0 spiro atoms. The van der Waals surface area contributed by atoms with Crippen molar-refractivity contribution < 1.29 is 9.15 Å². The summed E-state index contributed by atoms with van der Waals surface area (Å²) in [5.41, 5.74) is 6.68. The van der Waals surface area contributed by atoms with Crippen LogP contribution in [0.2, 0.25) is 5.02 Å². The summed E-state index contributed by atoms with van der Waals surface area (Å²) < 4.78 is 9.53. The van der Waals surface area contributed by atoms with Crippen LogP contribution in [0.4, 0.5) is 5.82 Å². The SMILES string of the molecule is Nc1nonc1-c1nc(Cc2ccccc2Cl)no1. The number of aromatic nitrogens is 4. The molecule has 8 heteroatoms. The number of nitrogens with two attached hydrogens (primary N) is 1. The molecule has 1 aromatic carbocycles. The third kappa shape index (κ3) is 2.27. The monoisotopic (exact) mass is 277 g/mol. The molecule has 0 unspecified atom stereocenters. The Morgan fingerprint density at radius 3 is 2.74 bits per heavy atom. The van der Waals surface area contributed by atoms with Gasteiger partial charge in [0.2, 0.25) is 11.5 Å². The fourth-order valence-corrected chi connectivity index (χ4v) is 1.78. The van der Waals surface area contributed by atoms with Crippen molar-refractivity contribution in [3.63, 3.8) is 0 Å². The van der Waals surface area contributed by atoms with Gasteiger partial charge in [-0.25, -0.2) is 4.63 Å². The van der Waals surface area contributed by atoms with E-state index in [1.54, 1.807) is 6.07 Å². The zero-order chi connectivity index (χ0) is 13.2. The average molecular weight is 278 g/mol. The number of anilines is 1. The Hall–Kier alpha value is -2.41. The average Bonchev–Trinajstić information content (AvgIpc) is 3.01. The van der Waals surface area contributed by atoms with Crippen LogP contribution >= 0.6 is 11.6 Å². The topological polar surface area (TPSA) is 104 Å². The fourth-order valence-electron chi connectivity index (χ4n) is 1.58. The minimum atomic E-state index is 0.105. The number of benzene rings is 1. The Morgan fingerprint density at radius 1 is 1.16 bits per heavy atom. The van der Waals surface area contributed by atoms with Crippen LogP contribution in [0.15, 0.2) is 33.4 Å². The Morgan fingerprint density at radius 2 is 2.00 bits per heavy atom. The van der Waals surface area contributed by atoms with Crippen LogP contribution < -0.4 is 5.73 Å². The Kier molecular flexibility index (Phi) is 2.88. The van der Waals surface area contributed by atoms with Gasteiger partial charge in [-0.15, -0.1) is 0 Å². The molecule has 3 rings (SSSR count). The highest BCUT2D eigenvalue weighted by molar-refractivity contribution is 6.31. The summed E-state index contributed by atoms with van der Waals surface area (Å²) in [5.74, 6) is 0.749. The standard InChI is InChI=1S/C11H8ClN5O2/c12-7-4-2-1-3-6(7)5-8-14-11(18-15-8)9-10(13)17-19-16-9/h1-4H,5H2,(H2,13,17). The summed E-state index contributed by atoms with van der Waals surface area (Å²) in [6, 6.07) is 7.44. The van der Waals surface area contributed by atoms with E-state index in [9.17, 15) is 0 Å². The van der Waals surface area contributed by atoms with Gasteiger partial charge in [-0.1, -0.05) is 35.0 Å². The molecular weight excluding hydrogens is 270 g/mol. The van der Waals surface area contributed by atoms with Crippen LogP contribution in [0.1, 0.15) is 11.4 Å². The van der Waals surface area contributed by atoms with Crippen molar-refractivity contribution in [2.75, 3.05) is 5.73 Å². The van der Waals surface area contributed by atoms with E-state index in [1.165, 1.54) is 0 Å². The highest BCUT2D eigenvalue weighted by Gasteiger charge is 2.17. The highest BCUT2D eigenvalue weighted by Crippen LogP contribution is 2.22. The summed E-state index contributed by atoms with van der Waals surface area (Å²) in [6.07, 6.45) is 0.453. The minimum Gasteiger partial charge on any atom is -0.379 e. The lowest BCUT2D eigenvalue weighted by Crippen LogP contribution is -1.92. The maximum absolute atomic E-state index is 6.06. The highest BCUT2D eigenvalue weighted by atomic mass is 35.5. The third-order valence-corrected chi connectivity index (χ3v) is 2.86. The molecule has 0 radical (unpaired) electrons. The molecule has 2 heterocycles. The Balaban J connectivity index is 1.87. The largest absolute Gasteiger partial charge is 0.379 e. The quantitative estimate of drug-likeness (QED) is 0.780. The smallest absolute Gasteiger partial charge is 0.284 e. The van der Waals surface area contributed by atoms with Crippen LogP contribution in [0.25, 0.3) is 11.6 Å². The lowest BCUT2D eigenvalue weighted by atomic mass is 10.1. The number of halogens is 1. The molecule has 0 amide bonds. The molecule has 0 bridgehead atoms. The molecule has 0 fully saturated rings. The van der Waals surface area contributed by atoms with Gasteiger partial charge in [0, 0.05) is 11.4 Å². The molecule has 0 aliphatic rings. The Bertz CT molecular complexity index is 708. The molecule has 0 aliphatic carbocycles. The van der Waals surface area contributed by atoms with Gasteiger partial charge in [-0.05, 0) is 21.9 Å². The number of hydrogen-bond donors (Lipinski definition) is 1. The molecule has 96 valence electrons. The first-order chi connectivity index (χ1) is 9.24. The first kappa shape index (κ1) is 11.7. The van der Waals surface area contributed by atoms with E-state index >= 15 is 0 Å². The maximum atomic E-state index is 6.06. The molecule has 19 heavy (non-hydrogen) atoms. The minimum absolute atomic E-state index is 0.105. The van der Waals surface area contributed by atoms with E-state index < -0.39 is 0 Å². The van der Waals surface area contributed by atoms with Crippen LogP contribution in [-0.4, -0.2) is 20.5 Å². The first-order valence-corrected chi connectivity index (χ1v) is 5.76. The molecule has 3 aromatic rings. The van der Waals surface area contributed by atoms with Gasteiger partial charge in [0.25, 0.3) is 5.89 Å². The van der Waals surface area contributed by atoms with E-state index in [-0.39, 0.29) is 17.4 Å². The van der Waals surface area contributed by atoms with Crippen LogP contribution in [0.3, 0.4) is 0 Å². The summed E-state index contributed by atoms with van der Waals surface area (Å²) in [6.45, 7) is 0. The van der Waals surface area contributed by atoms with Gasteiger partial charge < -0.3 is 10.3 Å². The summed E-state index contributed by atoms with van der Waals surface area (Å²) in [7, 11) is 0. The van der Waals surface area contributed by atoms with Gasteiger partial charge in [0.05, 0.1) is 0 Å². The van der Waals surface area contributed by atoms with Crippen molar-refractivity contribution >= 4 is 17.4 Å². The molecule has 0 aliphatic heterocycles. The second kappa shape index (κ2) is 4.69. The van der Waals surface area contributed by atoms with Gasteiger partial charge >= 0.3 is 0 Å². The summed E-state index contributed by atoms with van der Waals surface area (Å²) >= 11 is 6.06. The maximum Gasteiger partial charge on any atom is 0.284 e. The second-order valence-electron chi connectivity index (χ2n) is 3.78. The van der Waals surface area contributed by atoms with Crippen molar-refractivity contribution in [3.05, 3.63) is 40.7 Å². The number of rotatable bonds is 3. The van der Waals surface area contributed by atoms with Crippen molar-refractivity contribution in [2.45, 2.75) is 6.42 Å². The van der Waals surface area contributed by atoms with Gasteiger partial charge in [-0.2, -0.15) is 4.98 Å². The predicted molar refractivity (Wildman–Crippen MR) is 66.3 cm³/mol. The van der Waals surface area contributed by atoms with Crippen LogP contribution in [-0.2, 0) is 6.42 Å².